The molecule has 32 heavy (non-hydrogen) atoms. The van der Waals surface area contributed by atoms with Crippen LogP contribution in [0.3, 0.4) is 0 Å². The standard InChI is InChI=1S/C21H39O9PSi/c1-15(2)30-31(25,13-11-12-26-16(3)22)20(29-18(5)24)19(28-17(4)23)14-27-32(9,10)21(6,7)8/h11-12,15,19-20H,13-14H2,1-10H3/b12-11+/t19-,20+,31?/m1/s1. The molecule has 0 aromatic rings. The minimum atomic E-state index is -3.80. The zero-order chi connectivity index (χ0) is 25.3. The molecule has 0 radical (unpaired) electrons. The lowest BCUT2D eigenvalue weighted by Crippen LogP contribution is -2.46. The molecular formula is C21H39O9PSi. The molecule has 0 bridgehead atoms. The molecule has 0 aromatic heterocycles. The second-order valence-corrected chi connectivity index (χ2v) is 16.6. The van der Waals surface area contributed by atoms with E-state index in [9.17, 15) is 18.9 Å². The quantitative estimate of drug-likeness (QED) is 0.126. The normalized spacial score (nSPS) is 16.3. The van der Waals surface area contributed by atoms with Gasteiger partial charge in [0.15, 0.2) is 14.4 Å². The van der Waals surface area contributed by atoms with Crippen molar-refractivity contribution in [3.05, 3.63) is 12.3 Å². The van der Waals surface area contributed by atoms with Crippen LogP contribution in [0.15, 0.2) is 12.3 Å². The number of hydrogen-bond donors (Lipinski definition) is 0. The fraction of sp³-hybridized carbons (Fsp3) is 0.762. The topological polar surface area (TPSA) is 114 Å². The van der Waals surface area contributed by atoms with Gasteiger partial charge in [-0.25, -0.2) is 0 Å². The van der Waals surface area contributed by atoms with Gasteiger partial charge in [-0.3, -0.25) is 18.9 Å². The SMILES string of the molecule is CC(=O)O/C=C/CP(=O)(OC(C)C)[C@H](OC(C)=O)[C@@H](CO[Si](C)(C)C(C)(C)C)OC(C)=O. The summed E-state index contributed by atoms with van der Waals surface area (Å²) in [6.45, 7) is 17.0. The van der Waals surface area contributed by atoms with Gasteiger partial charge in [-0.2, -0.15) is 0 Å². The number of ether oxygens (including phenoxy) is 3. The summed E-state index contributed by atoms with van der Waals surface area (Å²) in [5, 5.41) is -0.129. The Morgan fingerprint density at radius 2 is 1.50 bits per heavy atom. The van der Waals surface area contributed by atoms with Gasteiger partial charge in [-0.1, -0.05) is 20.8 Å². The Bertz CT molecular complexity index is 725. The lowest BCUT2D eigenvalue weighted by molar-refractivity contribution is -0.162. The van der Waals surface area contributed by atoms with Crippen LogP contribution in [0.4, 0.5) is 0 Å². The van der Waals surface area contributed by atoms with Gasteiger partial charge >= 0.3 is 17.9 Å². The minimum absolute atomic E-state index is 0.118. The highest BCUT2D eigenvalue weighted by Gasteiger charge is 2.46. The molecule has 0 saturated heterocycles. The second kappa shape index (κ2) is 12.7. The Labute approximate surface area is 192 Å². The van der Waals surface area contributed by atoms with Gasteiger partial charge in [0.25, 0.3) is 0 Å². The minimum Gasteiger partial charge on any atom is -0.456 e. The van der Waals surface area contributed by atoms with E-state index in [1.807, 2.05) is 13.1 Å². The van der Waals surface area contributed by atoms with E-state index in [0.717, 1.165) is 6.26 Å². The van der Waals surface area contributed by atoms with Crippen LogP contribution in [0.5, 0.6) is 0 Å². The Hall–Kier alpha value is -1.48. The highest BCUT2D eigenvalue weighted by atomic mass is 31.2. The third-order valence-corrected chi connectivity index (χ3v) is 12.0. The van der Waals surface area contributed by atoms with E-state index in [2.05, 4.69) is 20.8 Å². The van der Waals surface area contributed by atoms with Crippen molar-refractivity contribution < 1.29 is 42.1 Å². The maximum absolute atomic E-state index is 13.9. The molecule has 0 aromatic carbocycles. The average Bonchev–Trinajstić information content (AvgIpc) is 2.58. The van der Waals surface area contributed by atoms with E-state index in [4.69, 9.17) is 23.2 Å². The van der Waals surface area contributed by atoms with Crippen LogP contribution in [0.1, 0.15) is 55.4 Å². The first-order valence-electron chi connectivity index (χ1n) is 10.5. The van der Waals surface area contributed by atoms with Crippen LogP contribution in [-0.2, 0) is 42.1 Å². The average molecular weight is 495 g/mol. The summed E-state index contributed by atoms with van der Waals surface area (Å²) in [7, 11) is -6.07. The van der Waals surface area contributed by atoms with Crippen LogP contribution in [-0.4, -0.2) is 57.0 Å². The predicted octanol–water partition coefficient (Wildman–Crippen LogP) is 4.61. The zero-order valence-corrected chi connectivity index (χ0v) is 22.8. The summed E-state index contributed by atoms with van der Waals surface area (Å²) < 4.78 is 41.4. The highest BCUT2D eigenvalue weighted by molar-refractivity contribution is 7.59. The van der Waals surface area contributed by atoms with E-state index in [1.54, 1.807) is 13.8 Å². The molecule has 0 heterocycles. The zero-order valence-electron chi connectivity index (χ0n) is 20.9. The number of carbonyl (C=O) groups is 3. The van der Waals surface area contributed by atoms with Crippen molar-refractivity contribution in [3.63, 3.8) is 0 Å². The molecule has 0 rings (SSSR count). The number of esters is 3. The number of carbonyl (C=O) groups excluding carboxylic acids is 3. The maximum Gasteiger partial charge on any atom is 0.307 e. The fourth-order valence-corrected chi connectivity index (χ4v) is 5.86. The van der Waals surface area contributed by atoms with E-state index in [1.165, 1.54) is 26.8 Å². The molecule has 0 aliphatic rings. The first kappa shape index (κ1) is 30.5. The predicted molar refractivity (Wildman–Crippen MR) is 124 cm³/mol. The lowest BCUT2D eigenvalue weighted by Gasteiger charge is -2.39. The molecule has 1 unspecified atom stereocenters. The molecule has 9 nitrogen and oxygen atoms in total. The Morgan fingerprint density at radius 1 is 0.969 bits per heavy atom. The van der Waals surface area contributed by atoms with Crippen molar-refractivity contribution in [2.45, 2.75) is 91.6 Å². The van der Waals surface area contributed by atoms with Crippen molar-refractivity contribution in [3.8, 4) is 0 Å². The van der Waals surface area contributed by atoms with E-state index in [0.29, 0.717) is 0 Å². The summed E-state index contributed by atoms with van der Waals surface area (Å²) in [6.07, 6.45) is 0.586. The van der Waals surface area contributed by atoms with Crippen molar-refractivity contribution in [2.75, 3.05) is 12.8 Å². The van der Waals surface area contributed by atoms with E-state index < -0.39 is 51.6 Å². The van der Waals surface area contributed by atoms with Crippen molar-refractivity contribution in [1.82, 2.24) is 0 Å². The van der Waals surface area contributed by atoms with Crippen LogP contribution in [0.2, 0.25) is 18.1 Å². The first-order valence-corrected chi connectivity index (χ1v) is 15.3. The van der Waals surface area contributed by atoms with Crippen LogP contribution in [0, 0.1) is 0 Å². The van der Waals surface area contributed by atoms with Gasteiger partial charge in [0.05, 0.1) is 19.0 Å². The summed E-state index contributed by atoms with van der Waals surface area (Å²) in [5.74, 6) is -3.30. The first-order chi connectivity index (χ1) is 14.4. The molecule has 0 amide bonds. The van der Waals surface area contributed by atoms with E-state index >= 15 is 0 Å². The maximum atomic E-state index is 13.9. The van der Waals surface area contributed by atoms with Gasteiger partial charge < -0.3 is 23.2 Å². The Balaban J connectivity index is 6.16. The Kier molecular flexibility index (Phi) is 12.1. The third kappa shape index (κ3) is 10.9. The van der Waals surface area contributed by atoms with Gasteiger partial charge in [0.2, 0.25) is 13.2 Å². The van der Waals surface area contributed by atoms with Crippen LogP contribution >= 0.6 is 7.37 Å². The Morgan fingerprint density at radius 3 is 1.91 bits per heavy atom. The van der Waals surface area contributed by atoms with E-state index in [-0.39, 0.29) is 17.8 Å². The molecule has 0 fully saturated rings. The van der Waals surface area contributed by atoms with Crippen LogP contribution in [0.25, 0.3) is 0 Å². The molecule has 186 valence electrons. The molecule has 0 aliphatic heterocycles. The monoisotopic (exact) mass is 494 g/mol. The number of rotatable bonds is 12. The van der Waals surface area contributed by atoms with Crippen molar-refractivity contribution >= 4 is 33.6 Å². The summed E-state index contributed by atoms with van der Waals surface area (Å²) in [6, 6.07) is 0. The summed E-state index contributed by atoms with van der Waals surface area (Å²) in [5.41, 5.74) is 0. The van der Waals surface area contributed by atoms with Crippen molar-refractivity contribution in [2.24, 2.45) is 0 Å². The molecule has 0 aliphatic carbocycles. The molecule has 11 heteroatoms. The summed E-state index contributed by atoms with van der Waals surface area (Å²) >= 11 is 0. The van der Waals surface area contributed by atoms with Crippen LogP contribution < -0.4 is 0 Å². The molecular weight excluding hydrogens is 455 g/mol. The van der Waals surface area contributed by atoms with Crippen molar-refractivity contribution in [1.29, 1.82) is 0 Å². The summed E-state index contributed by atoms with van der Waals surface area (Å²) in [4.78, 5) is 34.7. The van der Waals surface area contributed by atoms with Gasteiger partial charge in [-0.05, 0) is 38.1 Å². The smallest absolute Gasteiger partial charge is 0.307 e. The van der Waals surface area contributed by atoms with Gasteiger partial charge in [0, 0.05) is 26.9 Å². The highest BCUT2D eigenvalue weighted by Crippen LogP contribution is 2.55. The molecule has 3 atom stereocenters. The third-order valence-electron chi connectivity index (χ3n) is 4.80. The second-order valence-electron chi connectivity index (χ2n) is 9.26. The number of allylic oxidation sites excluding steroid dienone is 1. The number of hydrogen-bond acceptors (Lipinski definition) is 9. The lowest BCUT2D eigenvalue weighted by atomic mass is 10.2. The molecule has 0 saturated carbocycles. The van der Waals surface area contributed by atoms with Gasteiger partial charge in [0.1, 0.15) is 0 Å². The molecule has 0 N–H and O–H groups in total. The van der Waals surface area contributed by atoms with Gasteiger partial charge in [-0.15, -0.1) is 0 Å². The fourth-order valence-electron chi connectivity index (χ4n) is 2.37. The molecule has 0 spiro atoms. The largest absolute Gasteiger partial charge is 0.456 e.